The predicted molar refractivity (Wildman–Crippen MR) is 79.6 cm³/mol. The molecule has 118 valence electrons. The van der Waals surface area contributed by atoms with Crippen molar-refractivity contribution in [2.75, 3.05) is 27.0 Å². The van der Waals surface area contributed by atoms with Crippen LogP contribution in [0, 0.1) is 0 Å². The third kappa shape index (κ3) is 5.44. The highest BCUT2D eigenvalue weighted by Crippen LogP contribution is 2.17. The van der Waals surface area contributed by atoms with Crippen LogP contribution in [0.1, 0.15) is 21.0 Å². The predicted octanol–water partition coefficient (Wildman–Crippen LogP) is 0.432. The van der Waals surface area contributed by atoms with Crippen LogP contribution in [0.15, 0.2) is 12.1 Å². The molecule has 1 aromatic heterocycles. The topological polar surface area (TPSA) is 92.8 Å². The highest BCUT2D eigenvalue weighted by atomic mass is 32.2. The van der Waals surface area contributed by atoms with Crippen LogP contribution in [-0.4, -0.2) is 51.6 Å². The van der Waals surface area contributed by atoms with Crippen LogP contribution in [-0.2, 0) is 26.1 Å². The minimum Gasteiger partial charge on any atom is -0.465 e. The Labute approximate surface area is 127 Å². The standard InChI is InChI=1S/C12H18N2O5S2/c1-14(2)21(17,18)7-6-11(15)13-8-9-4-5-10(20-9)12(16)19-3/h4-5H,6-8H2,1-3H3,(H,13,15). The molecule has 0 aliphatic heterocycles. The molecule has 0 fully saturated rings. The van der Waals surface area contributed by atoms with E-state index >= 15 is 0 Å². The number of hydrogen-bond acceptors (Lipinski definition) is 6. The molecule has 0 aromatic carbocycles. The van der Waals surface area contributed by atoms with Gasteiger partial charge >= 0.3 is 5.97 Å². The quantitative estimate of drug-likeness (QED) is 0.730. The lowest BCUT2D eigenvalue weighted by molar-refractivity contribution is -0.120. The Bertz CT molecular complexity index is 607. The van der Waals surface area contributed by atoms with Crippen molar-refractivity contribution in [3.8, 4) is 0 Å². The van der Waals surface area contributed by atoms with Crippen LogP contribution in [0.25, 0.3) is 0 Å². The summed E-state index contributed by atoms with van der Waals surface area (Å²) in [5.41, 5.74) is 0. The molecule has 1 N–H and O–H groups in total. The third-order valence-corrected chi connectivity index (χ3v) is 5.55. The highest BCUT2D eigenvalue weighted by Gasteiger charge is 2.16. The van der Waals surface area contributed by atoms with Gasteiger partial charge in [-0.25, -0.2) is 17.5 Å². The lowest BCUT2D eigenvalue weighted by atomic mass is 10.4. The van der Waals surface area contributed by atoms with Gasteiger partial charge in [-0.3, -0.25) is 4.79 Å². The van der Waals surface area contributed by atoms with E-state index in [0.717, 1.165) is 9.18 Å². The Kier molecular flexibility index (Phi) is 6.31. The van der Waals surface area contributed by atoms with Crippen LogP contribution in [0.4, 0.5) is 0 Å². The van der Waals surface area contributed by atoms with Crippen molar-refractivity contribution in [1.82, 2.24) is 9.62 Å². The Morgan fingerprint density at radius 3 is 2.57 bits per heavy atom. The maximum Gasteiger partial charge on any atom is 0.348 e. The summed E-state index contributed by atoms with van der Waals surface area (Å²) in [5, 5.41) is 2.62. The van der Waals surface area contributed by atoms with Crippen LogP contribution in [0.3, 0.4) is 0 Å². The molecule has 0 bridgehead atoms. The number of methoxy groups -OCH3 is 1. The molecule has 9 heteroatoms. The summed E-state index contributed by atoms with van der Waals surface area (Å²) >= 11 is 1.22. The van der Waals surface area contributed by atoms with Crippen molar-refractivity contribution in [3.63, 3.8) is 0 Å². The highest BCUT2D eigenvalue weighted by molar-refractivity contribution is 7.89. The number of carbonyl (C=O) groups excluding carboxylic acids is 2. The lowest BCUT2D eigenvalue weighted by Gasteiger charge is -2.10. The number of carbonyl (C=O) groups is 2. The van der Waals surface area contributed by atoms with E-state index in [0.29, 0.717) is 4.88 Å². The molecule has 0 unspecified atom stereocenters. The molecule has 0 aliphatic carbocycles. The van der Waals surface area contributed by atoms with Gasteiger partial charge in [0.05, 0.1) is 19.4 Å². The minimum absolute atomic E-state index is 0.101. The molecule has 21 heavy (non-hydrogen) atoms. The van der Waals surface area contributed by atoms with Gasteiger partial charge in [-0.1, -0.05) is 0 Å². The summed E-state index contributed by atoms with van der Waals surface area (Å²) in [5.74, 6) is -1.01. The number of thiophene rings is 1. The van der Waals surface area contributed by atoms with Crippen molar-refractivity contribution in [2.45, 2.75) is 13.0 Å². The molecule has 1 rings (SSSR count). The number of sulfonamides is 1. The normalized spacial score (nSPS) is 11.4. The second-order valence-electron chi connectivity index (χ2n) is 4.38. The van der Waals surface area contributed by atoms with Crippen molar-refractivity contribution in [1.29, 1.82) is 0 Å². The molecule has 0 radical (unpaired) electrons. The molecule has 1 amide bonds. The number of nitrogens with zero attached hydrogens (tertiary/aromatic N) is 1. The fourth-order valence-corrected chi connectivity index (χ4v) is 3.04. The summed E-state index contributed by atoms with van der Waals surface area (Å²) in [6, 6.07) is 3.34. The van der Waals surface area contributed by atoms with Gasteiger partial charge < -0.3 is 10.1 Å². The Morgan fingerprint density at radius 1 is 1.33 bits per heavy atom. The van der Waals surface area contributed by atoms with Gasteiger partial charge in [-0.15, -0.1) is 11.3 Å². The molecule has 0 atom stereocenters. The summed E-state index contributed by atoms with van der Waals surface area (Å²) < 4.78 is 28.7. The van der Waals surface area contributed by atoms with E-state index in [1.165, 1.54) is 32.5 Å². The summed E-state index contributed by atoms with van der Waals surface area (Å²) in [4.78, 5) is 24.1. The Balaban J connectivity index is 2.43. The zero-order chi connectivity index (χ0) is 16.0. The number of hydrogen-bond donors (Lipinski definition) is 1. The smallest absolute Gasteiger partial charge is 0.348 e. The Hall–Kier alpha value is -1.45. The molecular weight excluding hydrogens is 316 g/mol. The maximum atomic E-state index is 11.6. The average Bonchev–Trinajstić information content (AvgIpc) is 2.90. The molecule has 7 nitrogen and oxygen atoms in total. The van der Waals surface area contributed by atoms with E-state index < -0.39 is 16.0 Å². The van der Waals surface area contributed by atoms with Gasteiger partial charge in [-0.05, 0) is 12.1 Å². The Morgan fingerprint density at radius 2 is 2.00 bits per heavy atom. The van der Waals surface area contributed by atoms with Crippen LogP contribution >= 0.6 is 11.3 Å². The number of rotatable bonds is 7. The van der Waals surface area contributed by atoms with Gasteiger partial charge in [0.25, 0.3) is 0 Å². The molecular formula is C12H18N2O5S2. The molecule has 1 aromatic rings. The van der Waals surface area contributed by atoms with E-state index in [9.17, 15) is 18.0 Å². The van der Waals surface area contributed by atoms with E-state index in [1.54, 1.807) is 12.1 Å². The van der Waals surface area contributed by atoms with Crippen LogP contribution in [0.2, 0.25) is 0 Å². The monoisotopic (exact) mass is 334 g/mol. The van der Waals surface area contributed by atoms with Crippen LogP contribution in [0.5, 0.6) is 0 Å². The first-order valence-electron chi connectivity index (χ1n) is 6.10. The van der Waals surface area contributed by atoms with Crippen molar-refractivity contribution >= 4 is 33.2 Å². The first kappa shape index (κ1) is 17.6. The molecule has 0 spiro atoms. The maximum absolute atomic E-state index is 11.6. The molecule has 0 aliphatic rings. The second-order valence-corrected chi connectivity index (χ2v) is 7.85. The second kappa shape index (κ2) is 7.53. The first-order valence-corrected chi connectivity index (χ1v) is 8.52. The number of ether oxygens (including phenoxy) is 1. The van der Waals surface area contributed by atoms with E-state index in [-0.39, 0.29) is 24.6 Å². The van der Waals surface area contributed by atoms with Gasteiger partial charge in [-0.2, -0.15) is 0 Å². The van der Waals surface area contributed by atoms with E-state index in [4.69, 9.17) is 0 Å². The zero-order valence-corrected chi connectivity index (χ0v) is 13.7. The zero-order valence-electron chi connectivity index (χ0n) is 12.1. The first-order chi connectivity index (χ1) is 9.76. The van der Waals surface area contributed by atoms with E-state index in [1.807, 2.05) is 0 Å². The van der Waals surface area contributed by atoms with Gasteiger partial charge in [0, 0.05) is 25.4 Å². The number of esters is 1. The molecule has 0 saturated carbocycles. The van der Waals surface area contributed by atoms with Gasteiger partial charge in [0.15, 0.2) is 0 Å². The van der Waals surface area contributed by atoms with Gasteiger partial charge in [0.1, 0.15) is 4.88 Å². The number of nitrogens with one attached hydrogen (secondary N) is 1. The fourth-order valence-electron chi connectivity index (χ4n) is 1.36. The van der Waals surface area contributed by atoms with E-state index in [2.05, 4.69) is 10.1 Å². The largest absolute Gasteiger partial charge is 0.465 e. The summed E-state index contributed by atoms with van der Waals surface area (Å²) in [6.07, 6.45) is -0.101. The van der Waals surface area contributed by atoms with Crippen molar-refractivity contribution in [3.05, 3.63) is 21.9 Å². The molecule has 1 heterocycles. The average molecular weight is 334 g/mol. The van der Waals surface area contributed by atoms with Crippen molar-refractivity contribution < 1.29 is 22.7 Å². The SMILES string of the molecule is COC(=O)c1ccc(CNC(=O)CCS(=O)(=O)N(C)C)s1. The fraction of sp³-hybridized carbons (Fsp3) is 0.500. The van der Waals surface area contributed by atoms with Crippen LogP contribution < -0.4 is 5.32 Å². The minimum atomic E-state index is -3.37. The number of amides is 1. The summed E-state index contributed by atoms with van der Waals surface area (Å²) in [7, 11) is 0.775. The molecule has 0 saturated heterocycles. The third-order valence-electron chi connectivity index (χ3n) is 2.65. The summed E-state index contributed by atoms with van der Waals surface area (Å²) in [6.45, 7) is 0.252. The van der Waals surface area contributed by atoms with Gasteiger partial charge in [0.2, 0.25) is 15.9 Å². The lowest BCUT2D eigenvalue weighted by Crippen LogP contribution is -2.30. The van der Waals surface area contributed by atoms with Crippen molar-refractivity contribution in [2.24, 2.45) is 0 Å².